The van der Waals surface area contributed by atoms with Crippen LogP contribution in [0, 0.1) is 5.92 Å². The fraction of sp³-hybridized carbons (Fsp3) is 0.448. The maximum atomic E-state index is 10.7. The molecule has 0 aliphatic carbocycles. The maximum absolute atomic E-state index is 10.7. The number of likely N-dealkylation sites (tertiary alicyclic amines) is 1. The number of aromatic nitrogens is 2. The van der Waals surface area contributed by atoms with Crippen LogP contribution < -0.4 is 14.2 Å². The van der Waals surface area contributed by atoms with Crippen molar-refractivity contribution < 1.29 is 28.2 Å². The molecular formula is C29H34ClN3O6. The molecule has 2 aromatic heterocycles. The minimum atomic E-state index is -0.603. The van der Waals surface area contributed by atoms with Crippen molar-refractivity contribution in [3.63, 3.8) is 0 Å². The zero-order chi connectivity index (χ0) is 26.1. The van der Waals surface area contributed by atoms with Gasteiger partial charge in [0.15, 0.2) is 17.3 Å². The molecule has 0 saturated carbocycles. The van der Waals surface area contributed by atoms with Crippen LogP contribution in [-0.2, 0) is 6.42 Å². The van der Waals surface area contributed by atoms with Crippen LogP contribution in [0.15, 0.2) is 51.3 Å². The molecule has 1 N–H and O–H groups in total. The summed E-state index contributed by atoms with van der Waals surface area (Å²) in [6, 6.07) is 13.7. The van der Waals surface area contributed by atoms with Gasteiger partial charge in [-0.25, -0.2) is 0 Å². The van der Waals surface area contributed by atoms with E-state index in [-0.39, 0.29) is 19.0 Å². The Balaban J connectivity index is 0.00000308. The van der Waals surface area contributed by atoms with Gasteiger partial charge >= 0.3 is 0 Å². The number of aliphatic hydroxyl groups excluding tert-OH is 1. The van der Waals surface area contributed by atoms with E-state index in [0.29, 0.717) is 54.0 Å². The molecule has 0 unspecified atom stereocenters. The molecule has 39 heavy (non-hydrogen) atoms. The van der Waals surface area contributed by atoms with Crippen molar-refractivity contribution in [3.8, 4) is 28.9 Å². The molecule has 1 atom stereocenters. The Bertz CT molecular complexity index is 1390. The van der Waals surface area contributed by atoms with Gasteiger partial charge in [-0.05, 0) is 67.6 Å². The van der Waals surface area contributed by atoms with Crippen LogP contribution in [0.1, 0.15) is 44.1 Å². The minimum absolute atomic E-state index is 0. The summed E-state index contributed by atoms with van der Waals surface area (Å²) < 4.78 is 28.7. The second kappa shape index (κ2) is 11.9. The lowest BCUT2D eigenvalue weighted by Gasteiger charge is -2.33. The summed E-state index contributed by atoms with van der Waals surface area (Å²) in [4.78, 5) is 2.30. The molecule has 0 amide bonds. The van der Waals surface area contributed by atoms with Crippen LogP contribution in [-0.4, -0.2) is 59.3 Å². The maximum Gasteiger partial charge on any atom is 0.283 e. The van der Waals surface area contributed by atoms with E-state index in [9.17, 15) is 5.11 Å². The van der Waals surface area contributed by atoms with E-state index in [1.165, 1.54) is 5.56 Å². The van der Waals surface area contributed by atoms with E-state index in [0.717, 1.165) is 49.2 Å². The number of rotatable bonds is 9. The molecule has 9 nitrogen and oxygen atoms in total. The Morgan fingerprint density at radius 2 is 1.85 bits per heavy atom. The number of furan rings is 1. The van der Waals surface area contributed by atoms with E-state index in [4.69, 9.17) is 23.0 Å². The third-order valence-corrected chi connectivity index (χ3v) is 7.14. The number of ether oxygens (including phenoxy) is 3. The van der Waals surface area contributed by atoms with Gasteiger partial charge in [0, 0.05) is 19.0 Å². The Hall–Kier alpha value is -3.27. The topological polar surface area (TPSA) is 103 Å². The van der Waals surface area contributed by atoms with Crippen molar-refractivity contribution in [3.05, 3.63) is 53.9 Å². The summed E-state index contributed by atoms with van der Waals surface area (Å²) in [7, 11) is 0. The normalized spacial score (nSPS) is 16.5. The number of nitrogens with zero attached hydrogens (tertiary/aromatic N) is 3. The van der Waals surface area contributed by atoms with Gasteiger partial charge in [0.2, 0.25) is 12.7 Å². The van der Waals surface area contributed by atoms with Gasteiger partial charge in [-0.2, -0.15) is 0 Å². The van der Waals surface area contributed by atoms with E-state index < -0.39 is 6.10 Å². The Morgan fingerprint density at radius 1 is 1.03 bits per heavy atom. The number of piperidine rings is 1. The van der Waals surface area contributed by atoms with Crippen molar-refractivity contribution >= 4 is 23.4 Å². The van der Waals surface area contributed by atoms with Crippen LogP contribution in [0.2, 0.25) is 0 Å². The SMILES string of the molecule is CC(C)Cc1nnc(-c2cc3c(OC[C@@H](O)CN4CCC(c5ccc6c(c5)OCO6)CC4)cccc3o2)o1.Cl. The monoisotopic (exact) mass is 555 g/mol. The van der Waals surface area contributed by atoms with Gasteiger partial charge in [0.05, 0.1) is 5.39 Å². The zero-order valence-corrected chi connectivity index (χ0v) is 23.0. The lowest BCUT2D eigenvalue weighted by molar-refractivity contribution is 0.0599. The Morgan fingerprint density at radius 3 is 2.67 bits per heavy atom. The molecular weight excluding hydrogens is 522 g/mol. The molecule has 0 radical (unpaired) electrons. The number of halogens is 1. The molecule has 4 heterocycles. The van der Waals surface area contributed by atoms with Crippen molar-refractivity contribution in [2.45, 2.75) is 45.1 Å². The summed E-state index contributed by atoms with van der Waals surface area (Å²) in [6.45, 7) is 7.13. The minimum Gasteiger partial charge on any atom is -0.490 e. The third kappa shape index (κ3) is 6.16. The van der Waals surface area contributed by atoms with E-state index in [1.54, 1.807) is 0 Å². The number of β-amino-alcohol motifs (C(OH)–C–C–N with tert-alkyl or cyclic N) is 1. The Kier molecular flexibility index (Phi) is 8.30. The largest absolute Gasteiger partial charge is 0.490 e. The lowest BCUT2D eigenvalue weighted by atomic mass is 9.89. The number of benzene rings is 2. The van der Waals surface area contributed by atoms with Crippen molar-refractivity contribution in [1.82, 2.24) is 15.1 Å². The fourth-order valence-corrected chi connectivity index (χ4v) is 5.20. The van der Waals surface area contributed by atoms with Crippen LogP contribution in [0.4, 0.5) is 0 Å². The summed E-state index contributed by atoms with van der Waals surface area (Å²) in [6.07, 6.45) is 2.20. The first kappa shape index (κ1) is 27.3. The van der Waals surface area contributed by atoms with Crippen molar-refractivity contribution in [2.75, 3.05) is 33.0 Å². The second-order valence-corrected chi connectivity index (χ2v) is 10.5. The van der Waals surface area contributed by atoms with E-state index in [1.807, 2.05) is 30.3 Å². The first-order valence-corrected chi connectivity index (χ1v) is 13.3. The van der Waals surface area contributed by atoms with E-state index in [2.05, 4.69) is 41.1 Å². The first-order chi connectivity index (χ1) is 18.5. The Labute approximate surface area is 233 Å². The smallest absolute Gasteiger partial charge is 0.283 e. The average Bonchev–Trinajstić information content (AvgIpc) is 3.66. The summed E-state index contributed by atoms with van der Waals surface area (Å²) in [5.74, 6) is 4.67. The highest BCUT2D eigenvalue weighted by Crippen LogP contribution is 2.37. The van der Waals surface area contributed by atoms with E-state index >= 15 is 0 Å². The predicted molar refractivity (Wildman–Crippen MR) is 148 cm³/mol. The molecule has 1 saturated heterocycles. The van der Waals surface area contributed by atoms with Gasteiger partial charge in [0.1, 0.15) is 24.0 Å². The van der Waals surface area contributed by atoms with Gasteiger partial charge < -0.3 is 33.1 Å². The van der Waals surface area contributed by atoms with Crippen LogP contribution in [0.3, 0.4) is 0 Å². The molecule has 6 rings (SSSR count). The first-order valence-electron chi connectivity index (χ1n) is 13.3. The number of fused-ring (bicyclic) bond motifs is 2. The quantitative estimate of drug-likeness (QED) is 0.288. The molecule has 2 aromatic carbocycles. The van der Waals surface area contributed by atoms with Gasteiger partial charge in [-0.1, -0.05) is 26.0 Å². The molecule has 10 heteroatoms. The van der Waals surface area contributed by atoms with Gasteiger partial charge in [-0.15, -0.1) is 22.6 Å². The highest BCUT2D eigenvalue weighted by atomic mass is 35.5. The fourth-order valence-electron chi connectivity index (χ4n) is 5.20. The number of hydrogen-bond acceptors (Lipinski definition) is 9. The summed E-state index contributed by atoms with van der Waals surface area (Å²) in [5, 5.41) is 19.8. The number of hydrogen-bond donors (Lipinski definition) is 1. The van der Waals surface area contributed by atoms with Crippen LogP contribution >= 0.6 is 12.4 Å². The van der Waals surface area contributed by atoms with Crippen LogP contribution in [0.5, 0.6) is 17.2 Å². The summed E-state index contributed by atoms with van der Waals surface area (Å²) >= 11 is 0. The number of aliphatic hydroxyl groups is 1. The average molecular weight is 556 g/mol. The highest BCUT2D eigenvalue weighted by Gasteiger charge is 2.25. The molecule has 0 bridgehead atoms. The molecule has 4 aromatic rings. The highest BCUT2D eigenvalue weighted by molar-refractivity contribution is 5.87. The predicted octanol–water partition coefficient (Wildman–Crippen LogP) is 5.45. The lowest BCUT2D eigenvalue weighted by Crippen LogP contribution is -2.40. The third-order valence-electron chi connectivity index (χ3n) is 7.14. The standard InChI is InChI=1S/C29H33N3O6.ClH/c1-18(2)12-28-30-31-29(38-28)27-14-22-23(4-3-5-24(22)37-27)34-16-21(33)15-32-10-8-19(9-11-32)20-6-7-25-26(13-20)36-17-35-25;/h3-7,13-14,18-19,21,33H,8-12,15-17H2,1-2H3;1H/t21-;/m0./s1. The van der Waals surface area contributed by atoms with Crippen LogP contribution in [0.25, 0.3) is 22.6 Å². The molecule has 208 valence electrons. The van der Waals surface area contributed by atoms with Crippen molar-refractivity contribution in [1.29, 1.82) is 0 Å². The zero-order valence-electron chi connectivity index (χ0n) is 22.2. The summed E-state index contributed by atoms with van der Waals surface area (Å²) in [5.41, 5.74) is 1.96. The molecule has 0 spiro atoms. The van der Waals surface area contributed by atoms with Gasteiger partial charge in [-0.3, -0.25) is 0 Å². The second-order valence-electron chi connectivity index (χ2n) is 10.5. The molecule has 2 aliphatic rings. The molecule has 1 fully saturated rings. The van der Waals surface area contributed by atoms with Crippen molar-refractivity contribution in [2.24, 2.45) is 5.92 Å². The van der Waals surface area contributed by atoms with Gasteiger partial charge in [0.25, 0.3) is 5.89 Å². The molecule has 2 aliphatic heterocycles.